The minimum absolute atomic E-state index is 0.503. The van der Waals surface area contributed by atoms with Gasteiger partial charge in [-0.3, -0.25) is 0 Å². The second kappa shape index (κ2) is 5.75. The topological polar surface area (TPSA) is 48.1 Å². The Bertz CT molecular complexity index is 321. The van der Waals surface area contributed by atoms with Crippen molar-refractivity contribution in [3.8, 4) is 0 Å². The highest BCUT2D eigenvalue weighted by Gasteiger charge is 2.19. The summed E-state index contributed by atoms with van der Waals surface area (Å²) < 4.78 is 5.37. The summed E-state index contributed by atoms with van der Waals surface area (Å²) in [5.41, 5.74) is 6.85. The number of hydrogen-bond acceptors (Lipinski definition) is 4. The zero-order valence-electron chi connectivity index (χ0n) is 9.82. The van der Waals surface area contributed by atoms with Crippen molar-refractivity contribution in [2.75, 3.05) is 19.8 Å². The monoisotopic (exact) mass is 240 g/mol. The van der Waals surface area contributed by atoms with E-state index in [1.54, 1.807) is 11.3 Å². The highest BCUT2D eigenvalue weighted by Crippen LogP contribution is 2.30. The Morgan fingerprint density at radius 1 is 1.56 bits per heavy atom. The van der Waals surface area contributed by atoms with Crippen LogP contribution in [0.1, 0.15) is 48.7 Å². The number of aromatic nitrogens is 1. The zero-order chi connectivity index (χ0) is 11.4. The molecule has 1 fully saturated rings. The van der Waals surface area contributed by atoms with Crippen LogP contribution in [0.2, 0.25) is 0 Å². The fourth-order valence-electron chi connectivity index (χ4n) is 2.08. The largest absolute Gasteiger partial charge is 0.381 e. The molecule has 1 unspecified atom stereocenters. The highest BCUT2D eigenvalue weighted by atomic mass is 32.1. The molecule has 1 aromatic rings. The van der Waals surface area contributed by atoms with Crippen LogP contribution in [0.5, 0.6) is 0 Å². The molecule has 4 heteroatoms. The maximum absolute atomic E-state index is 5.58. The van der Waals surface area contributed by atoms with E-state index in [9.17, 15) is 0 Å². The van der Waals surface area contributed by atoms with Crippen LogP contribution >= 0.6 is 11.3 Å². The molecule has 1 atom stereocenters. The van der Waals surface area contributed by atoms with Gasteiger partial charge in [0.05, 0.1) is 10.7 Å². The molecule has 0 aromatic carbocycles. The molecule has 0 spiro atoms. The van der Waals surface area contributed by atoms with Gasteiger partial charge in [-0.15, -0.1) is 11.3 Å². The normalized spacial score (nSPS) is 19.9. The van der Waals surface area contributed by atoms with Gasteiger partial charge in [0.15, 0.2) is 0 Å². The summed E-state index contributed by atoms with van der Waals surface area (Å²) in [6.45, 7) is 4.72. The third kappa shape index (κ3) is 2.81. The van der Waals surface area contributed by atoms with Gasteiger partial charge in [-0.1, -0.05) is 6.92 Å². The van der Waals surface area contributed by atoms with Gasteiger partial charge in [0.2, 0.25) is 0 Å². The van der Waals surface area contributed by atoms with Crippen molar-refractivity contribution in [3.05, 3.63) is 16.1 Å². The number of ether oxygens (including phenoxy) is 1. The predicted octanol–water partition coefficient (Wildman–Crippen LogP) is 2.49. The lowest BCUT2D eigenvalue weighted by Crippen LogP contribution is -2.14. The molecule has 0 radical (unpaired) electrons. The van der Waals surface area contributed by atoms with Crippen LogP contribution in [0, 0.1) is 0 Å². The van der Waals surface area contributed by atoms with E-state index in [-0.39, 0.29) is 0 Å². The summed E-state index contributed by atoms with van der Waals surface area (Å²) in [6.07, 6.45) is 3.27. The lowest BCUT2D eigenvalue weighted by Gasteiger charge is -2.20. The van der Waals surface area contributed by atoms with E-state index in [1.165, 1.54) is 10.7 Å². The van der Waals surface area contributed by atoms with Crippen LogP contribution in [0.25, 0.3) is 0 Å². The average Bonchev–Trinajstić information content (AvgIpc) is 2.80. The summed E-state index contributed by atoms with van der Waals surface area (Å²) in [5, 5.41) is 3.46. The van der Waals surface area contributed by atoms with Gasteiger partial charge in [-0.25, -0.2) is 4.98 Å². The van der Waals surface area contributed by atoms with E-state index in [4.69, 9.17) is 15.5 Å². The first-order chi connectivity index (χ1) is 7.81. The Morgan fingerprint density at radius 3 is 3.00 bits per heavy atom. The van der Waals surface area contributed by atoms with Gasteiger partial charge in [-0.2, -0.15) is 0 Å². The Kier molecular flexibility index (Phi) is 4.32. The minimum Gasteiger partial charge on any atom is -0.381 e. The third-order valence-corrected chi connectivity index (χ3v) is 4.30. The lowest BCUT2D eigenvalue weighted by molar-refractivity contribution is 0.0846. The molecule has 16 heavy (non-hydrogen) atoms. The molecule has 0 amide bonds. The fourth-order valence-corrected chi connectivity index (χ4v) is 3.08. The van der Waals surface area contributed by atoms with Crippen molar-refractivity contribution < 1.29 is 4.74 Å². The molecule has 90 valence electrons. The summed E-state index contributed by atoms with van der Waals surface area (Å²) in [7, 11) is 0. The van der Waals surface area contributed by atoms with Crippen molar-refractivity contribution in [2.24, 2.45) is 5.73 Å². The van der Waals surface area contributed by atoms with Crippen molar-refractivity contribution in [2.45, 2.75) is 38.0 Å². The van der Waals surface area contributed by atoms with E-state index < -0.39 is 0 Å². The van der Waals surface area contributed by atoms with E-state index in [0.717, 1.165) is 39.0 Å². The van der Waals surface area contributed by atoms with E-state index in [0.29, 0.717) is 11.8 Å². The second-order valence-corrected chi connectivity index (χ2v) is 5.37. The maximum atomic E-state index is 5.58. The first kappa shape index (κ1) is 12.0. The highest BCUT2D eigenvalue weighted by molar-refractivity contribution is 7.09. The third-order valence-electron chi connectivity index (χ3n) is 3.20. The Hall–Kier alpha value is -0.450. The molecule has 1 saturated heterocycles. The van der Waals surface area contributed by atoms with Crippen LogP contribution < -0.4 is 5.73 Å². The predicted molar refractivity (Wildman–Crippen MR) is 67.0 cm³/mol. The SMILES string of the molecule is CC(CCN)c1nc(C2CCOCC2)cs1. The summed E-state index contributed by atoms with van der Waals surface area (Å²) in [5.74, 6) is 1.12. The zero-order valence-corrected chi connectivity index (χ0v) is 10.6. The average molecular weight is 240 g/mol. The van der Waals surface area contributed by atoms with E-state index >= 15 is 0 Å². The second-order valence-electron chi connectivity index (χ2n) is 4.48. The molecule has 2 rings (SSSR count). The van der Waals surface area contributed by atoms with Crippen molar-refractivity contribution in [1.82, 2.24) is 4.98 Å². The molecule has 2 heterocycles. The summed E-state index contributed by atoms with van der Waals surface area (Å²) >= 11 is 1.78. The Labute approximate surface area is 101 Å². The minimum atomic E-state index is 0.503. The van der Waals surface area contributed by atoms with Gasteiger partial charge in [0.1, 0.15) is 0 Å². The van der Waals surface area contributed by atoms with Crippen molar-refractivity contribution in [1.29, 1.82) is 0 Å². The molecule has 0 aliphatic carbocycles. The van der Waals surface area contributed by atoms with Crippen LogP contribution in [-0.4, -0.2) is 24.7 Å². The first-order valence-corrected chi connectivity index (χ1v) is 6.92. The van der Waals surface area contributed by atoms with Crippen molar-refractivity contribution in [3.63, 3.8) is 0 Å². The first-order valence-electron chi connectivity index (χ1n) is 6.04. The van der Waals surface area contributed by atoms with E-state index in [2.05, 4.69) is 12.3 Å². The van der Waals surface area contributed by atoms with Crippen LogP contribution in [0.15, 0.2) is 5.38 Å². The van der Waals surface area contributed by atoms with Crippen LogP contribution in [0.3, 0.4) is 0 Å². The van der Waals surface area contributed by atoms with Gasteiger partial charge in [-0.05, 0) is 25.8 Å². The number of hydrogen-bond donors (Lipinski definition) is 1. The maximum Gasteiger partial charge on any atom is 0.0957 e. The molecule has 3 nitrogen and oxygen atoms in total. The van der Waals surface area contributed by atoms with Gasteiger partial charge in [0, 0.05) is 30.4 Å². The van der Waals surface area contributed by atoms with Crippen molar-refractivity contribution >= 4 is 11.3 Å². The van der Waals surface area contributed by atoms with Gasteiger partial charge >= 0.3 is 0 Å². The quantitative estimate of drug-likeness (QED) is 0.879. The molecule has 1 aromatic heterocycles. The van der Waals surface area contributed by atoms with Crippen LogP contribution in [0.4, 0.5) is 0 Å². The molecule has 0 bridgehead atoms. The van der Waals surface area contributed by atoms with Crippen LogP contribution in [-0.2, 0) is 4.74 Å². The Morgan fingerprint density at radius 2 is 2.31 bits per heavy atom. The standard InChI is InChI=1S/C12H20N2OS/c1-9(2-5-13)12-14-11(8-16-12)10-3-6-15-7-4-10/h8-10H,2-7,13H2,1H3. The molecular formula is C12H20N2OS. The number of rotatable bonds is 4. The smallest absolute Gasteiger partial charge is 0.0957 e. The lowest BCUT2D eigenvalue weighted by atomic mass is 9.97. The summed E-state index contributed by atoms with van der Waals surface area (Å²) in [4.78, 5) is 4.76. The number of nitrogens with two attached hydrogens (primary N) is 1. The molecule has 2 N–H and O–H groups in total. The molecule has 1 aliphatic heterocycles. The molecule has 0 saturated carbocycles. The van der Waals surface area contributed by atoms with Gasteiger partial charge < -0.3 is 10.5 Å². The molecule has 1 aliphatic rings. The number of nitrogens with zero attached hydrogens (tertiary/aromatic N) is 1. The van der Waals surface area contributed by atoms with Gasteiger partial charge in [0.25, 0.3) is 0 Å². The Balaban J connectivity index is 2.00. The fraction of sp³-hybridized carbons (Fsp3) is 0.750. The number of thiazole rings is 1. The summed E-state index contributed by atoms with van der Waals surface area (Å²) in [6, 6.07) is 0. The molecular weight excluding hydrogens is 220 g/mol. The van der Waals surface area contributed by atoms with E-state index in [1.807, 2.05) is 0 Å².